The molecule has 1 aromatic heterocycles. The first-order chi connectivity index (χ1) is 8.08. The lowest BCUT2D eigenvalue weighted by atomic mass is 10.3. The van der Waals surface area contributed by atoms with Crippen molar-refractivity contribution in [1.29, 1.82) is 0 Å². The summed E-state index contributed by atoms with van der Waals surface area (Å²) in [5.74, 6) is 0.738. The van der Waals surface area contributed by atoms with E-state index in [0.29, 0.717) is 17.1 Å². The van der Waals surface area contributed by atoms with Crippen LogP contribution in [0.5, 0.6) is 11.8 Å². The Bertz CT molecular complexity index is 503. The van der Waals surface area contributed by atoms with Gasteiger partial charge in [-0.1, -0.05) is 11.6 Å². The number of halogens is 1. The highest BCUT2D eigenvalue weighted by Gasteiger charge is 2.11. The highest BCUT2D eigenvalue weighted by molar-refractivity contribution is 6.30. The molecule has 90 valence electrons. The Morgan fingerprint density at radius 3 is 2.47 bits per heavy atom. The van der Waals surface area contributed by atoms with E-state index in [1.807, 2.05) is 25.3 Å². The smallest absolute Gasteiger partial charge is 0.302 e. The van der Waals surface area contributed by atoms with Crippen LogP contribution in [-0.2, 0) is 0 Å². The molecule has 0 aliphatic carbocycles. The Morgan fingerprint density at radius 2 is 1.88 bits per heavy atom. The van der Waals surface area contributed by atoms with Crippen LogP contribution in [0.2, 0.25) is 5.02 Å². The van der Waals surface area contributed by atoms with Gasteiger partial charge >= 0.3 is 6.01 Å². The average Bonchev–Trinajstić information content (AvgIpc) is 2.63. The van der Waals surface area contributed by atoms with Gasteiger partial charge in [0.25, 0.3) is 0 Å². The van der Waals surface area contributed by atoms with Gasteiger partial charge in [-0.25, -0.2) is 4.98 Å². The number of nitrogens with zero attached hydrogens (tertiary/aromatic N) is 2. The van der Waals surface area contributed by atoms with E-state index >= 15 is 0 Å². The number of rotatable bonds is 3. The van der Waals surface area contributed by atoms with Crippen LogP contribution in [0, 0.1) is 6.92 Å². The molecule has 0 N–H and O–H groups in total. The average molecular weight is 251 g/mol. The number of ether oxygens (including phenoxy) is 1. The van der Waals surface area contributed by atoms with Crippen molar-refractivity contribution in [2.24, 2.45) is 0 Å². The number of imidazole rings is 1. The van der Waals surface area contributed by atoms with E-state index in [1.54, 1.807) is 12.1 Å². The first kappa shape index (κ1) is 12.0. The van der Waals surface area contributed by atoms with E-state index in [-0.39, 0.29) is 0 Å². The summed E-state index contributed by atoms with van der Waals surface area (Å²) >= 11 is 5.82. The lowest BCUT2D eigenvalue weighted by molar-refractivity contribution is 0.393. The van der Waals surface area contributed by atoms with Gasteiger partial charge in [-0.15, -0.1) is 0 Å². The SMILES string of the molecule is Cc1cnc(Oc2ccc(Cl)cc2)n1C(C)C. The molecule has 1 aromatic carbocycles. The van der Waals surface area contributed by atoms with Crippen LogP contribution < -0.4 is 4.74 Å². The first-order valence-corrected chi connectivity index (χ1v) is 5.93. The molecule has 1 heterocycles. The van der Waals surface area contributed by atoms with Crippen molar-refractivity contribution < 1.29 is 4.74 Å². The standard InChI is InChI=1S/C13H15ClN2O/c1-9(2)16-10(3)8-15-13(16)17-12-6-4-11(14)5-7-12/h4-9H,1-3H3. The zero-order chi connectivity index (χ0) is 12.4. The van der Waals surface area contributed by atoms with Gasteiger partial charge in [0.2, 0.25) is 0 Å². The number of benzene rings is 1. The zero-order valence-electron chi connectivity index (χ0n) is 10.1. The normalized spacial score (nSPS) is 10.9. The molecular weight excluding hydrogens is 236 g/mol. The molecular formula is C13H15ClN2O. The molecule has 0 atom stereocenters. The second kappa shape index (κ2) is 4.80. The van der Waals surface area contributed by atoms with Crippen molar-refractivity contribution in [1.82, 2.24) is 9.55 Å². The maximum atomic E-state index is 5.82. The van der Waals surface area contributed by atoms with Crippen LogP contribution in [-0.4, -0.2) is 9.55 Å². The number of aryl methyl sites for hydroxylation is 1. The molecule has 0 aliphatic rings. The van der Waals surface area contributed by atoms with Gasteiger partial charge in [-0.3, -0.25) is 4.57 Å². The summed E-state index contributed by atoms with van der Waals surface area (Å²) < 4.78 is 7.79. The van der Waals surface area contributed by atoms with Crippen LogP contribution in [0.15, 0.2) is 30.5 Å². The molecule has 0 unspecified atom stereocenters. The molecule has 0 aliphatic heterocycles. The summed E-state index contributed by atoms with van der Waals surface area (Å²) in [7, 11) is 0. The summed E-state index contributed by atoms with van der Waals surface area (Å²) in [6.07, 6.45) is 1.81. The zero-order valence-corrected chi connectivity index (χ0v) is 10.9. The van der Waals surface area contributed by atoms with Gasteiger partial charge in [-0.05, 0) is 45.0 Å². The Balaban J connectivity index is 2.27. The lowest BCUT2D eigenvalue weighted by Gasteiger charge is -2.13. The molecule has 0 fully saturated rings. The lowest BCUT2D eigenvalue weighted by Crippen LogP contribution is -2.05. The second-order valence-corrected chi connectivity index (χ2v) is 4.64. The minimum Gasteiger partial charge on any atom is -0.426 e. The van der Waals surface area contributed by atoms with Crippen molar-refractivity contribution in [2.75, 3.05) is 0 Å². The van der Waals surface area contributed by atoms with Gasteiger partial charge in [0, 0.05) is 16.8 Å². The molecule has 0 spiro atoms. The van der Waals surface area contributed by atoms with E-state index in [1.165, 1.54) is 0 Å². The monoisotopic (exact) mass is 250 g/mol. The van der Waals surface area contributed by atoms with Gasteiger partial charge in [0.05, 0.1) is 6.20 Å². The van der Waals surface area contributed by atoms with E-state index < -0.39 is 0 Å². The van der Waals surface area contributed by atoms with Crippen molar-refractivity contribution in [3.63, 3.8) is 0 Å². The molecule has 2 rings (SSSR count). The maximum absolute atomic E-state index is 5.82. The summed E-state index contributed by atoms with van der Waals surface area (Å²) in [4.78, 5) is 4.26. The molecule has 17 heavy (non-hydrogen) atoms. The predicted octanol–water partition coefficient (Wildman–Crippen LogP) is 4.22. The van der Waals surface area contributed by atoms with Gasteiger partial charge in [-0.2, -0.15) is 0 Å². The Kier molecular flexibility index (Phi) is 3.38. The highest BCUT2D eigenvalue weighted by Crippen LogP contribution is 2.25. The Hall–Kier alpha value is -1.48. The van der Waals surface area contributed by atoms with Crippen LogP contribution in [0.4, 0.5) is 0 Å². The Morgan fingerprint density at radius 1 is 1.24 bits per heavy atom. The third-order valence-electron chi connectivity index (χ3n) is 2.49. The summed E-state index contributed by atoms with van der Waals surface area (Å²) in [5.41, 5.74) is 1.09. The van der Waals surface area contributed by atoms with Gasteiger partial charge in [0.1, 0.15) is 5.75 Å². The molecule has 0 saturated carbocycles. The van der Waals surface area contributed by atoms with Crippen LogP contribution >= 0.6 is 11.6 Å². The topological polar surface area (TPSA) is 27.1 Å². The van der Waals surface area contributed by atoms with Crippen molar-refractivity contribution in [3.8, 4) is 11.8 Å². The number of hydrogen-bond donors (Lipinski definition) is 0. The number of aromatic nitrogens is 2. The summed E-state index contributed by atoms with van der Waals surface area (Å²) in [6, 6.07) is 8.19. The van der Waals surface area contributed by atoms with Gasteiger partial charge < -0.3 is 4.74 Å². The van der Waals surface area contributed by atoms with E-state index in [9.17, 15) is 0 Å². The third kappa shape index (κ3) is 2.61. The van der Waals surface area contributed by atoms with Crippen molar-refractivity contribution in [2.45, 2.75) is 26.8 Å². The summed E-state index contributed by atoms with van der Waals surface area (Å²) in [6.45, 7) is 6.22. The molecule has 0 radical (unpaired) electrons. The minimum atomic E-state index is 0.319. The fourth-order valence-electron chi connectivity index (χ4n) is 1.74. The minimum absolute atomic E-state index is 0.319. The fourth-order valence-corrected chi connectivity index (χ4v) is 1.86. The molecule has 0 bridgehead atoms. The molecule has 0 saturated heterocycles. The third-order valence-corrected chi connectivity index (χ3v) is 2.74. The van der Waals surface area contributed by atoms with Gasteiger partial charge in [0.15, 0.2) is 0 Å². The largest absolute Gasteiger partial charge is 0.426 e. The molecule has 0 amide bonds. The fraction of sp³-hybridized carbons (Fsp3) is 0.308. The highest BCUT2D eigenvalue weighted by atomic mass is 35.5. The molecule has 3 nitrogen and oxygen atoms in total. The predicted molar refractivity (Wildman–Crippen MR) is 68.9 cm³/mol. The van der Waals surface area contributed by atoms with E-state index in [4.69, 9.17) is 16.3 Å². The van der Waals surface area contributed by atoms with Crippen LogP contribution in [0.3, 0.4) is 0 Å². The maximum Gasteiger partial charge on any atom is 0.302 e. The quantitative estimate of drug-likeness (QED) is 0.816. The Labute approximate surface area is 106 Å². The second-order valence-electron chi connectivity index (χ2n) is 4.20. The van der Waals surface area contributed by atoms with Crippen molar-refractivity contribution >= 4 is 11.6 Å². The van der Waals surface area contributed by atoms with E-state index in [0.717, 1.165) is 11.4 Å². The first-order valence-electron chi connectivity index (χ1n) is 5.55. The van der Waals surface area contributed by atoms with Crippen LogP contribution in [0.25, 0.3) is 0 Å². The molecule has 2 aromatic rings. The number of hydrogen-bond acceptors (Lipinski definition) is 2. The molecule has 4 heteroatoms. The van der Waals surface area contributed by atoms with Crippen LogP contribution in [0.1, 0.15) is 25.6 Å². The van der Waals surface area contributed by atoms with E-state index in [2.05, 4.69) is 23.4 Å². The van der Waals surface area contributed by atoms with Crippen molar-refractivity contribution in [3.05, 3.63) is 41.2 Å². The summed E-state index contributed by atoms with van der Waals surface area (Å²) in [5, 5.41) is 0.695.